The molecule has 0 aromatic heterocycles. The summed E-state index contributed by atoms with van der Waals surface area (Å²) in [5.74, 6) is -0.530. The van der Waals surface area contributed by atoms with Gasteiger partial charge in [-0.15, -0.1) is 0 Å². The van der Waals surface area contributed by atoms with Gasteiger partial charge in [-0.05, 0) is 34.9 Å². The van der Waals surface area contributed by atoms with E-state index in [1.807, 2.05) is 18.2 Å². The van der Waals surface area contributed by atoms with E-state index in [1.165, 1.54) is 6.08 Å². The molecular weight excluding hydrogens is 238 g/mol. The Kier molecular flexibility index (Phi) is 5.13. The number of carboxylic acid groups (broad SMARTS) is 1. The van der Waals surface area contributed by atoms with Gasteiger partial charge in [-0.2, -0.15) is 12.6 Å². The van der Waals surface area contributed by atoms with E-state index in [2.05, 4.69) is 22.7 Å². The van der Waals surface area contributed by atoms with Crippen LogP contribution in [0.3, 0.4) is 0 Å². The zero-order valence-electron chi connectivity index (χ0n) is 8.95. The van der Waals surface area contributed by atoms with E-state index in [0.717, 1.165) is 17.7 Å². The van der Waals surface area contributed by atoms with Gasteiger partial charge in [0.05, 0.1) is 0 Å². The van der Waals surface area contributed by atoms with Crippen molar-refractivity contribution in [3.63, 3.8) is 0 Å². The highest BCUT2D eigenvalue weighted by Gasteiger charge is 2.04. The third kappa shape index (κ3) is 4.22. The van der Waals surface area contributed by atoms with Gasteiger partial charge in [-0.1, -0.05) is 29.4 Å². The van der Waals surface area contributed by atoms with Gasteiger partial charge in [-0.25, -0.2) is 4.79 Å². The molecule has 17 heavy (non-hydrogen) atoms. The quantitative estimate of drug-likeness (QED) is 0.276. The molecule has 0 spiro atoms. The molecular formula is C11H11N3O2S. The van der Waals surface area contributed by atoms with E-state index in [0.29, 0.717) is 5.56 Å². The van der Waals surface area contributed by atoms with Gasteiger partial charge in [0.25, 0.3) is 0 Å². The van der Waals surface area contributed by atoms with Crippen molar-refractivity contribution in [3.8, 4) is 0 Å². The fraction of sp³-hybridized carbons (Fsp3) is 0.182. The molecule has 0 saturated carbocycles. The SMILES string of the molecule is [N-]=[N+]=NC(=Cc1cccc(CCS)c1)C(=O)O. The summed E-state index contributed by atoms with van der Waals surface area (Å²) >= 11 is 4.13. The minimum Gasteiger partial charge on any atom is -0.478 e. The van der Waals surface area contributed by atoms with Crippen LogP contribution in [0.5, 0.6) is 0 Å². The van der Waals surface area contributed by atoms with Crippen molar-refractivity contribution < 1.29 is 9.90 Å². The van der Waals surface area contributed by atoms with Crippen molar-refractivity contribution in [1.82, 2.24) is 0 Å². The fourth-order valence-electron chi connectivity index (χ4n) is 1.31. The predicted octanol–water partition coefficient (Wildman–Crippen LogP) is 2.89. The van der Waals surface area contributed by atoms with Gasteiger partial charge in [-0.3, -0.25) is 0 Å². The first-order valence-electron chi connectivity index (χ1n) is 4.87. The van der Waals surface area contributed by atoms with Crippen LogP contribution >= 0.6 is 12.6 Å². The maximum Gasteiger partial charge on any atom is 0.338 e. The van der Waals surface area contributed by atoms with Crippen LogP contribution in [0.15, 0.2) is 35.1 Å². The molecule has 1 N–H and O–H groups in total. The van der Waals surface area contributed by atoms with Crippen LogP contribution in [0, 0.1) is 0 Å². The van der Waals surface area contributed by atoms with Crippen LogP contribution in [0.4, 0.5) is 0 Å². The molecule has 0 fully saturated rings. The fourth-order valence-corrected chi connectivity index (χ4v) is 1.57. The Morgan fingerprint density at radius 2 is 2.35 bits per heavy atom. The zero-order chi connectivity index (χ0) is 12.7. The normalized spacial score (nSPS) is 10.8. The summed E-state index contributed by atoms with van der Waals surface area (Å²) < 4.78 is 0. The van der Waals surface area contributed by atoms with Gasteiger partial charge < -0.3 is 5.11 Å². The topological polar surface area (TPSA) is 86.1 Å². The van der Waals surface area contributed by atoms with Crippen LogP contribution in [0.25, 0.3) is 16.5 Å². The number of aryl methyl sites for hydroxylation is 1. The second kappa shape index (κ2) is 6.62. The summed E-state index contributed by atoms with van der Waals surface area (Å²) in [7, 11) is 0. The second-order valence-corrected chi connectivity index (χ2v) is 3.69. The highest BCUT2D eigenvalue weighted by atomic mass is 32.1. The minimum absolute atomic E-state index is 0.324. The van der Waals surface area contributed by atoms with Gasteiger partial charge >= 0.3 is 5.97 Å². The first kappa shape index (κ1) is 13.2. The summed E-state index contributed by atoms with van der Waals surface area (Å²) in [6.07, 6.45) is 2.14. The number of hydrogen-bond donors (Lipinski definition) is 2. The Balaban J connectivity index is 3.06. The number of carbonyl (C=O) groups is 1. The number of hydrogen-bond acceptors (Lipinski definition) is 3. The lowest BCUT2D eigenvalue weighted by molar-refractivity contribution is -0.132. The Labute approximate surface area is 104 Å². The number of benzene rings is 1. The van der Waals surface area contributed by atoms with E-state index in [1.54, 1.807) is 6.07 Å². The van der Waals surface area contributed by atoms with E-state index in [4.69, 9.17) is 10.6 Å². The Morgan fingerprint density at radius 3 is 2.94 bits per heavy atom. The van der Waals surface area contributed by atoms with Crippen LogP contribution < -0.4 is 0 Å². The number of azide groups is 1. The van der Waals surface area contributed by atoms with E-state index in [9.17, 15) is 4.79 Å². The summed E-state index contributed by atoms with van der Waals surface area (Å²) in [5.41, 5.74) is 9.67. The van der Waals surface area contributed by atoms with Crippen LogP contribution in [0.2, 0.25) is 0 Å². The molecule has 88 valence electrons. The molecule has 0 unspecified atom stereocenters. The Hall–Kier alpha value is -1.91. The molecule has 6 heteroatoms. The van der Waals surface area contributed by atoms with Gasteiger partial charge in [0.15, 0.2) is 0 Å². The molecule has 0 amide bonds. The molecule has 0 saturated heterocycles. The maximum absolute atomic E-state index is 10.8. The van der Waals surface area contributed by atoms with Gasteiger partial charge in [0.2, 0.25) is 0 Å². The molecule has 0 aliphatic carbocycles. The number of nitrogens with zero attached hydrogens (tertiary/aromatic N) is 3. The smallest absolute Gasteiger partial charge is 0.338 e. The molecule has 0 aliphatic heterocycles. The lowest BCUT2D eigenvalue weighted by Gasteiger charge is -2.00. The van der Waals surface area contributed by atoms with Crippen LogP contribution in [-0.2, 0) is 11.2 Å². The minimum atomic E-state index is -1.25. The molecule has 1 aromatic rings. The first-order valence-corrected chi connectivity index (χ1v) is 5.50. The third-order valence-corrected chi connectivity index (χ3v) is 2.25. The molecule has 0 aliphatic rings. The molecule has 5 nitrogen and oxygen atoms in total. The average Bonchev–Trinajstić information content (AvgIpc) is 2.29. The largest absolute Gasteiger partial charge is 0.478 e. The van der Waals surface area contributed by atoms with Crippen LogP contribution in [0.1, 0.15) is 11.1 Å². The summed E-state index contributed by atoms with van der Waals surface area (Å²) in [5, 5.41) is 11.9. The standard InChI is InChI=1S/C11H11N3O2S/c12-14-13-10(11(15)16)7-9-3-1-2-8(6-9)4-5-17/h1-3,6-7,17H,4-5H2,(H,15,16). The summed E-state index contributed by atoms with van der Waals surface area (Å²) in [4.78, 5) is 13.2. The monoisotopic (exact) mass is 249 g/mol. The number of aliphatic carboxylic acids is 1. The third-order valence-electron chi connectivity index (χ3n) is 2.03. The Morgan fingerprint density at radius 1 is 1.59 bits per heavy atom. The second-order valence-electron chi connectivity index (χ2n) is 3.24. The maximum atomic E-state index is 10.8. The zero-order valence-corrected chi connectivity index (χ0v) is 9.84. The van der Waals surface area contributed by atoms with Crippen molar-refractivity contribution >= 4 is 24.7 Å². The number of thiol groups is 1. The Bertz CT molecular complexity index is 489. The van der Waals surface area contributed by atoms with Gasteiger partial charge in [0.1, 0.15) is 5.70 Å². The predicted molar refractivity (Wildman–Crippen MR) is 68.8 cm³/mol. The summed E-state index contributed by atoms with van der Waals surface area (Å²) in [6.45, 7) is 0. The molecule has 0 heterocycles. The molecule has 1 rings (SSSR count). The lowest BCUT2D eigenvalue weighted by Crippen LogP contribution is -1.96. The number of carboxylic acids is 1. The van der Waals surface area contributed by atoms with Crippen molar-refractivity contribution in [2.45, 2.75) is 6.42 Å². The highest BCUT2D eigenvalue weighted by Crippen LogP contribution is 2.12. The van der Waals surface area contributed by atoms with Gasteiger partial charge in [0, 0.05) is 4.91 Å². The van der Waals surface area contributed by atoms with E-state index >= 15 is 0 Å². The van der Waals surface area contributed by atoms with Crippen molar-refractivity contribution in [3.05, 3.63) is 51.5 Å². The lowest BCUT2D eigenvalue weighted by atomic mass is 10.1. The van der Waals surface area contributed by atoms with Crippen molar-refractivity contribution in [1.29, 1.82) is 0 Å². The molecule has 0 radical (unpaired) electrons. The van der Waals surface area contributed by atoms with Crippen LogP contribution in [-0.4, -0.2) is 16.8 Å². The molecule has 1 aromatic carbocycles. The molecule has 0 bridgehead atoms. The summed E-state index contributed by atoms with van der Waals surface area (Å²) in [6, 6.07) is 7.34. The van der Waals surface area contributed by atoms with Crippen molar-refractivity contribution in [2.75, 3.05) is 5.75 Å². The average molecular weight is 249 g/mol. The van der Waals surface area contributed by atoms with Crippen molar-refractivity contribution in [2.24, 2.45) is 5.11 Å². The van der Waals surface area contributed by atoms with E-state index < -0.39 is 5.97 Å². The van der Waals surface area contributed by atoms with E-state index in [-0.39, 0.29) is 5.70 Å². The highest BCUT2D eigenvalue weighted by molar-refractivity contribution is 7.80. The molecule has 0 atom stereocenters. The first-order chi connectivity index (χ1) is 8.17. The number of rotatable bonds is 5.